The Morgan fingerprint density at radius 1 is 1.00 bits per heavy atom. The minimum atomic E-state index is -0.762. The number of hydrogen-bond acceptors (Lipinski definition) is 5. The van der Waals surface area contributed by atoms with Crippen LogP contribution in [0.5, 0.6) is 5.75 Å². The molecule has 4 rings (SSSR count). The highest BCUT2D eigenvalue weighted by Crippen LogP contribution is 2.42. The lowest BCUT2D eigenvalue weighted by molar-refractivity contribution is -0.140. The first-order valence-corrected chi connectivity index (χ1v) is 11.4. The van der Waals surface area contributed by atoms with E-state index in [9.17, 15) is 14.7 Å². The van der Waals surface area contributed by atoms with E-state index in [1.165, 1.54) is 4.90 Å². The number of ether oxygens (including phenoxy) is 2. The van der Waals surface area contributed by atoms with Gasteiger partial charge in [-0.1, -0.05) is 54.6 Å². The molecule has 3 aromatic rings. The second-order valence-electron chi connectivity index (χ2n) is 8.57. The van der Waals surface area contributed by atoms with Crippen LogP contribution in [0.3, 0.4) is 0 Å². The van der Waals surface area contributed by atoms with Gasteiger partial charge >= 0.3 is 0 Å². The van der Waals surface area contributed by atoms with E-state index in [0.29, 0.717) is 36.4 Å². The Hall–Kier alpha value is -3.64. The molecule has 0 bridgehead atoms. The van der Waals surface area contributed by atoms with E-state index >= 15 is 0 Å². The number of aliphatic hydroxyl groups is 1. The SMILES string of the molecule is COc1ccccc1C1/C(=C(\O)c2ccc3ccccc3c2)C(=O)C(=O)N1CCCOC(C)C. The first kappa shape index (κ1) is 23.5. The lowest BCUT2D eigenvalue weighted by Gasteiger charge is -2.26. The number of rotatable bonds is 8. The van der Waals surface area contributed by atoms with Gasteiger partial charge in [0, 0.05) is 24.3 Å². The minimum absolute atomic E-state index is 0.0644. The molecule has 1 saturated heterocycles. The maximum atomic E-state index is 13.2. The van der Waals surface area contributed by atoms with Crippen LogP contribution in [-0.2, 0) is 14.3 Å². The molecule has 1 atom stereocenters. The Labute approximate surface area is 199 Å². The number of Topliss-reactive ketones (excluding diaryl/α,β-unsaturated/α-hetero) is 1. The lowest BCUT2D eigenvalue weighted by Crippen LogP contribution is -2.31. The normalized spacial score (nSPS) is 17.6. The summed E-state index contributed by atoms with van der Waals surface area (Å²) >= 11 is 0. The molecule has 176 valence electrons. The summed E-state index contributed by atoms with van der Waals surface area (Å²) in [5.41, 5.74) is 1.20. The van der Waals surface area contributed by atoms with Crippen LogP contribution in [0.1, 0.15) is 37.4 Å². The molecule has 0 saturated carbocycles. The van der Waals surface area contributed by atoms with Crippen molar-refractivity contribution in [1.29, 1.82) is 0 Å². The van der Waals surface area contributed by atoms with Crippen molar-refractivity contribution >= 4 is 28.2 Å². The van der Waals surface area contributed by atoms with E-state index < -0.39 is 17.7 Å². The van der Waals surface area contributed by atoms with Crippen LogP contribution >= 0.6 is 0 Å². The van der Waals surface area contributed by atoms with Gasteiger partial charge in [0.2, 0.25) is 0 Å². The molecule has 1 fully saturated rings. The van der Waals surface area contributed by atoms with Crippen molar-refractivity contribution < 1.29 is 24.2 Å². The van der Waals surface area contributed by atoms with Crippen molar-refractivity contribution in [3.63, 3.8) is 0 Å². The summed E-state index contributed by atoms with van der Waals surface area (Å²) in [5, 5.41) is 13.3. The lowest BCUT2D eigenvalue weighted by atomic mass is 9.94. The minimum Gasteiger partial charge on any atom is -0.507 e. The fourth-order valence-electron chi connectivity index (χ4n) is 4.37. The highest BCUT2D eigenvalue weighted by molar-refractivity contribution is 6.46. The predicted molar refractivity (Wildman–Crippen MR) is 132 cm³/mol. The summed E-state index contributed by atoms with van der Waals surface area (Å²) in [5.74, 6) is -0.989. The van der Waals surface area contributed by atoms with Crippen molar-refractivity contribution in [3.05, 3.63) is 83.4 Å². The highest BCUT2D eigenvalue weighted by atomic mass is 16.5. The van der Waals surface area contributed by atoms with Gasteiger partial charge in [-0.15, -0.1) is 0 Å². The number of fused-ring (bicyclic) bond motifs is 1. The fourth-order valence-corrected chi connectivity index (χ4v) is 4.37. The molecule has 1 unspecified atom stereocenters. The zero-order chi connectivity index (χ0) is 24.2. The van der Waals surface area contributed by atoms with Crippen LogP contribution in [0.25, 0.3) is 16.5 Å². The molecule has 6 nitrogen and oxygen atoms in total. The van der Waals surface area contributed by atoms with E-state index in [-0.39, 0.29) is 17.4 Å². The topological polar surface area (TPSA) is 76.1 Å². The number of para-hydroxylation sites is 1. The van der Waals surface area contributed by atoms with E-state index in [1.807, 2.05) is 68.4 Å². The number of methoxy groups -OCH3 is 1. The number of nitrogens with zero attached hydrogens (tertiary/aromatic N) is 1. The zero-order valence-electron chi connectivity index (χ0n) is 19.7. The van der Waals surface area contributed by atoms with Crippen molar-refractivity contribution in [3.8, 4) is 5.75 Å². The zero-order valence-corrected chi connectivity index (χ0v) is 19.7. The number of ketones is 1. The number of carbonyl (C=O) groups is 2. The summed E-state index contributed by atoms with van der Waals surface area (Å²) in [4.78, 5) is 27.9. The number of carbonyl (C=O) groups excluding carboxylic acids is 2. The summed E-state index contributed by atoms with van der Waals surface area (Å²) < 4.78 is 11.2. The van der Waals surface area contributed by atoms with Crippen molar-refractivity contribution in [2.24, 2.45) is 0 Å². The van der Waals surface area contributed by atoms with Gasteiger partial charge in [-0.2, -0.15) is 0 Å². The molecule has 1 N–H and O–H groups in total. The first-order chi connectivity index (χ1) is 16.4. The second kappa shape index (κ2) is 10.1. The molecule has 0 spiro atoms. The maximum Gasteiger partial charge on any atom is 0.295 e. The predicted octanol–water partition coefficient (Wildman–Crippen LogP) is 5.09. The molecule has 3 aromatic carbocycles. The molecule has 6 heteroatoms. The maximum absolute atomic E-state index is 13.2. The molecule has 1 aliphatic rings. The largest absolute Gasteiger partial charge is 0.507 e. The molecule has 1 heterocycles. The number of benzene rings is 3. The van der Waals surface area contributed by atoms with Gasteiger partial charge in [0.05, 0.1) is 24.8 Å². The van der Waals surface area contributed by atoms with Crippen molar-refractivity contribution in [2.45, 2.75) is 32.4 Å². The third kappa shape index (κ3) is 4.54. The van der Waals surface area contributed by atoms with Gasteiger partial charge in [0.15, 0.2) is 0 Å². The molecule has 1 aliphatic heterocycles. The summed E-state index contributed by atoms with van der Waals surface area (Å²) in [6.45, 7) is 4.67. The molecular weight excluding hydrogens is 430 g/mol. The quantitative estimate of drug-likeness (QED) is 0.220. The Kier molecular flexibility index (Phi) is 6.98. The van der Waals surface area contributed by atoms with Crippen LogP contribution in [0.2, 0.25) is 0 Å². The van der Waals surface area contributed by atoms with E-state index in [2.05, 4.69) is 0 Å². The first-order valence-electron chi connectivity index (χ1n) is 11.4. The van der Waals surface area contributed by atoms with E-state index in [4.69, 9.17) is 9.47 Å². The van der Waals surface area contributed by atoms with Gasteiger partial charge in [-0.05, 0) is 43.2 Å². The van der Waals surface area contributed by atoms with Crippen molar-refractivity contribution in [2.75, 3.05) is 20.3 Å². The van der Waals surface area contributed by atoms with Crippen LogP contribution in [0.15, 0.2) is 72.3 Å². The summed E-state index contributed by atoms with van der Waals surface area (Å²) in [6.07, 6.45) is 0.640. The average Bonchev–Trinajstić information content (AvgIpc) is 3.10. The van der Waals surface area contributed by atoms with Gasteiger partial charge in [-0.3, -0.25) is 9.59 Å². The van der Waals surface area contributed by atoms with E-state index in [0.717, 1.165) is 10.8 Å². The van der Waals surface area contributed by atoms with E-state index in [1.54, 1.807) is 19.2 Å². The molecule has 0 aliphatic carbocycles. The number of likely N-dealkylation sites (tertiary alicyclic amines) is 1. The Balaban J connectivity index is 1.81. The molecule has 1 amide bonds. The molecule has 34 heavy (non-hydrogen) atoms. The molecule has 0 radical (unpaired) electrons. The standard InChI is InChI=1S/C28H29NO5/c1-18(2)34-16-8-15-29-25(22-11-6-7-12-23(22)33-3)24(27(31)28(29)32)26(30)21-14-13-19-9-4-5-10-20(19)17-21/h4-7,9-14,17-18,25,30H,8,15-16H2,1-3H3/b26-24+. The monoisotopic (exact) mass is 459 g/mol. The molecular formula is C28H29NO5. The Morgan fingerprint density at radius 3 is 2.44 bits per heavy atom. The van der Waals surface area contributed by atoms with Crippen molar-refractivity contribution in [1.82, 2.24) is 4.90 Å². The van der Waals surface area contributed by atoms with Crippen LogP contribution < -0.4 is 4.74 Å². The van der Waals surface area contributed by atoms with Gasteiger partial charge < -0.3 is 19.5 Å². The van der Waals surface area contributed by atoms with Gasteiger partial charge in [0.1, 0.15) is 11.5 Å². The number of hydrogen-bond donors (Lipinski definition) is 1. The fraction of sp³-hybridized carbons (Fsp3) is 0.286. The third-order valence-electron chi connectivity index (χ3n) is 5.99. The summed E-state index contributed by atoms with van der Waals surface area (Å²) in [6, 6.07) is 19.8. The average molecular weight is 460 g/mol. The highest BCUT2D eigenvalue weighted by Gasteiger charge is 2.46. The van der Waals surface area contributed by atoms with Crippen LogP contribution in [-0.4, -0.2) is 48.1 Å². The smallest absolute Gasteiger partial charge is 0.295 e. The van der Waals surface area contributed by atoms with Gasteiger partial charge in [-0.25, -0.2) is 0 Å². The third-order valence-corrected chi connectivity index (χ3v) is 5.99. The van der Waals surface area contributed by atoms with Gasteiger partial charge in [0.25, 0.3) is 11.7 Å². The number of aliphatic hydroxyl groups excluding tert-OH is 1. The Morgan fingerprint density at radius 2 is 1.71 bits per heavy atom. The molecule has 0 aromatic heterocycles. The van der Waals surface area contributed by atoms with Crippen LogP contribution in [0.4, 0.5) is 0 Å². The summed E-state index contributed by atoms with van der Waals surface area (Å²) in [7, 11) is 1.55. The Bertz CT molecular complexity index is 1250. The number of amides is 1. The van der Waals surface area contributed by atoms with Crippen LogP contribution in [0, 0.1) is 0 Å². The second-order valence-corrected chi connectivity index (χ2v) is 8.57.